The van der Waals surface area contributed by atoms with Crippen molar-refractivity contribution >= 4 is 5.91 Å². The largest absolute Gasteiger partial charge is 0.383 e. The number of aromatic nitrogens is 3. The minimum atomic E-state index is -1.04. The van der Waals surface area contributed by atoms with Crippen molar-refractivity contribution in [1.82, 2.24) is 25.0 Å². The third kappa shape index (κ3) is 5.42. The van der Waals surface area contributed by atoms with Gasteiger partial charge in [0.25, 0.3) is 5.56 Å². The van der Waals surface area contributed by atoms with Crippen molar-refractivity contribution in [2.75, 3.05) is 46.4 Å². The number of methoxy groups -OCH3 is 1. The van der Waals surface area contributed by atoms with E-state index in [0.717, 1.165) is 31.8 Å². The molecule has 29 heavy (non-hydrogen) atoms. The Balaban J connectivity index is 1.55. The van der Waals surface area contributed by atoms with E-state index in [1.807, 2.05) is 0 Å². The summed E-state index contributed by atoms with van der Waals surface area (Å²) in [6.45, 7) is 4.36. The van der Waals surface area contributed by atoms with Gasteiger partial charge in [0.15, 0.2) is 17.5 Å². The second-order valence-corrected chi connectivity index (χ2v) is 6.79. The highest BCUT2D eigenvalue weighted by molar-refractivity contribution is 5.76. The second kappa shape index (κ2) is 9.66. The lowest BCUT2D eigenvalue weighted by Crippen LogP contribution is -2.49. The van der Waals surface area contributed by atoms with Crippen molar-refractivity contribution in [3.63, 3.8) is 0 Å². The summed E-state index contributed by atoms with van der Waals surface area (Å²) in [5.41, 5.74) is -0.164. The quantitative estimate of drug-likeness (QED) is 0.731. The van der Waals surface area contributed by atoms with E-state index >= 15 is 0 Å². The molecule has 0 saturated carbocycles. The number of ether oxygens (including phenoxy) is 1. The van der Waals surface area contributed by atoms with Crippen LogP contribution in [-0.2, 0) is 16.0 Å². The molecular formula is C19H23F2N5O3. The molecule has 1 aliphatic rings. The molecule has 0 unspecified atom stereocenters. The third-order valence-electron chi connectivity index (χ3n) is 4.87. The Hall–Kier alpha value is -2.72. The van der Waals surface area contributed by atoms with Crippen LogP contribution in [0.4, 0.5) is 8.78 Å². The van der Waals surface area contributed by atoms with Gasteiger partial charge in [-0.15, -0.1) is 10.2 Å². The zero-order valence-corrected chi connectivity index (χ0v) is 16.2. The molecule has 156 valence electrons. The molecule has 0 aliphatic carbocycles. The lowest BCUT2D eigenvalue weighted by molar-refractivity contribution is -0.133. The van der Waals surface area contributed by atoms with Gasteiger partial charge in [0, 0.05) is 58.2 Å². The van der Waals surface area contributed by atoms with E-state index in [0.29, 0.717) is 19.7 Å². The number of nitrogens with one attached hydrogen (secondary N) is 1. The number of halogens is 2. The molecule has 1 aromatic heterocycles. The molecule has 0 bridgehead atoms. The van der Waals surface area contributed by atoms with Gasteiger partial charge in [-0.2, -0.15) is 0 Å². The normalized spacial score (nSPS) is 14.9. The maximum atomic E-state index is 13.3. The summed E-state index contributed by atoms with van der Waals surface area (Å²) in [6, 6.07) is 3.19. The number of benzene rings is 1. The molecule has 1 saturated heterocycles. The molecule has 3 rings (SSSR count). The highest BCUT2D eigenvalue weighted by atomic mass is 19.2. The molecule has 0 spiro atoms. The van der Waals surface area contributed by atoms with Crippen LogP contribution in [0.3, 0.4) is 0 Å². The van der Waals surface area contributed by atoms with Gasteiger partial charge in [0.2, 0.25) is 5.91 Å². The van der Waals surface area contributed by atoms with Crippen LogP contribution in [0.25, 0.3) is 11.4 Å². The van der Waals surface area contributed by atoms with Gasteiger partial charge in [0.1, 0.15) is 5.69 Å². The lowest BCUT2D eigenvalue weighted by atomic mass is 10.2. The van der Waals surface area contributed by atoms with Crippen LogP contribution in [0.1, 0.15) is 12.1 Å². The van der Waals surface area contributed by atoms with Crippen LogP contribution in [0.2, 0.25) is 0 Å². The first-order valence-corrected chi connectivity index (χ1v) is 9.38. The molecule has 1 aliphatic heterocycles. The fourth-order valence-electron chi connectivity index (χ4n) is 3.12. The Morgan fingerprint density at radius 3 is 2.59 bits per heavy atom. The summed E-state index contributed by atoms with van der Waals surface area (Å²) in [6.07, 6.45) is 0.309. The molecule has 1 amide bonds. The number of hydrogen-bond acceptors (Lipinski definition) is 6. The van der Waals surface area contributed by atoms with Crippen molar-refractivity contribution in [2.45, 2.75) is 12.8 Å². The number of carbonyl (C=O) groups excluding carboxylic acids is 1. The highest BCUT2D eigenvalue weighted by Crippen LogP contribution is 2.16. The second-order valence-electron chi connectivity index (χ2n) is 6.79. The van der Waals surface area contributed by atoms with Crippen LogP contribution < -0.4 is 5.56 Å². The number of carbonyl (C=O) groups is 1. The van der Waals surface area contributed by atoms with Crippen LogP contribution in [-0.4, -0.2) is 77.3 Å². The number of hydrogen-bond donors (Lipinski definition) is 1. The van der Waals surface area contributed by atoms with Gasteiger partial charge in [-0.05, 0) is 18.2 Å². The third-order valence-corrected chi connectivity index (χ3v) is 4.87. The molecule has 0 radical (unpaired) electrons. The minimum Gasteiger partial charge on any atom is -0.383 e. The number of H-pyrrole nitrogens is 1. The molecule has 10 heteroatoms. The van der Waals surface area contributed by atoms with Crippen LogP contribution in [0.5, 0.6) is 0 Å². The SMILES string of the molecule is COCCN1CCN(C(=O)CCc2nnc(-c3ccc(F)c(F)c3)[nH]c2=O)CC1. The Morgan fingerprint density at radius 2 is 1.93 bits per heavy atom. The van der Waals surface area contributed by atoms with Crippen molar-refractivity contribution in [3.05, 3.63) is 45.9 Å². The van der Waals surface area contributed by atoms with Gasteiger partial charge in [-0.1, -0.05) is 0 Å². The topological polar surface area (TPSA) is 91.4 Å². The van der Waals surface area contributed by atoms with E-state index in [9.17, 15) is 18.4 Å². The Bertz CT molecular complexity index is 913. The number of rotatable bonds is 7. The predicted octanol–water partition coefficient (Wildman–Crippen LogP) is 0.833. The van der Waals surface area contributed by atoms with Gasteiger partial charge < -0.3 is 14.6 Å². The van der Waals surface area contributed by atoms with E-state index in [4.69, 9.17) is 4.74 Å². The van der Waals surface area contributed by atoms with Crippen molar-refractivity contribution in [1.29, 1.82) is 0 Å². The summed E-state index contributed by atoms with van der Waals surface area (Å²) in [7, 11) is 1.66. The number of aryl methyl sites for hydroxylation is 1. The fourth-order valence-corrected chi connectivity index (χ4v) is 3.12. The van der Waals surface area contributed by atoms with Crippen molar-refractivity contribution in [3.8, 4) is 11.4 Å². The average molecular weight is 407 g/mol. The summed E-state index contributed by atoms with van der Waals surface area (Å²) >= 11 is 0. The number of piperazine rings is 1. The summed E-state index contributed by atoms with van der Waals surface area (Å²) in [5, 5.41) is 7.74. The van der Waals surface area contributed by atoms with Crippen LogP contribution >= 0.6 is 0 Å². The first-order chi connectivity index (χ1) is 14.0. The number of aromatic amines is 1. The van der Waals surface area contributed by atoms with Gasteiger partial charge in [-0.25, -0.2) is 8.78 Å². The molecule has 2 heterocycles. The van der Waals surface area contributed by atoms with E-state index in [1.165, 1.54) is 6.07 Å². The van der Waals surface area contributed by atoms with E-state index in [-0.39, 0.29) is 35.8 Å². The van der Waals surface area contributed by atoms with Gasteiger partial charge in [-0.3, -0.25) is 14.5 Å². The smallest absolute Gasteiger partial charge is 0.273 e. The van der Waals surface area contributed by atoms with Crippen molar-refractivity contribution in [2.24, 2.45) is 0 Å². The zero-order chi connectivity index (χ0) is 20.8. The highest BCUT2D eigenvalue weighted by Gasteiger charge is 2.21. The van der Waals surface area contributed by atoms with E-state index in [1.54, 1.807) is 12.0 Å². The summed E-state index contributed by atoms with van der Waals surface area (Å²) < 4.78 is 31.4. The van der Waals surface area contributed by atoms with Crippen LogP contribution in [0.15, 0.2) is 23.0 Å². The van der Waals surface area contributed by atoms with Crippen LogP contribution in [0, 0.1) is 11.6 Å². The van der Waals surface area contributed by atoms with E-state index in [2.05, 4.69) is 20.1 Å². The first-order valence-electron chi connectivity index (χ1n) is 9.38. The minimum absolute atomic E-state index is 0.0381. The maximum Gasteiger partial charge on any atom is 0.273 e. The Labute approximate surface area is 166 Å². The molecule has 2 aromatic rings. The first kappa shape index (κ1) is 21.0. The molecule has 1 N–H and O–H groups in total. The lowest BCUT2D eigenvalue weighted by Gasteiger charge is -2.34. The molecule has 0 atom stereocenters. The molecular weight excluding hydrogens is 384 g/mol. The Morgan fingerprint density at radius 1 is 1.17 bits per heavy atom. The standard InChI is InChI=1S/C19H23F2N5O3/c1-29-11-10-25-6-8-26(9-7-25)17(27)5-4-16-19(28)22-18(24-23-16)13-2-3-14(20)15(21)12-13/h2-3,12H,4-11H2,1H3,(H,22,24,28). The molecule has 1 fully saturated rings. The summed E-state index contributed by atoms with van der Waals surface area (Å²) in [5.74, 6) is -2.03. The van der Waals surface area contributed by atoms with Gasteiger partial charge in [0.05, 0.1) is 6.61 Å². The number of nitrogens with zero attached hydrogens (tertiary/aromatic N) is 4. The van der Waals surface area contributed by atoms with E-state index < -0.39 is 17.2 Å². The monoisotopic (exact) mass is 407 g/mol. The maximum absolute atomic E-state index is 13.3. The zero-order valence-electron chi connectivity index (χ0n) is 16.2. The molecule has 8 nitrogen and oxygen atoms in total. The summed E-state index contributed by atoms with van der Waals surface area (Å²) in [4.78, 5) is 31.2. The molecule has 1 aromatic carbocycles. The predicted molar refractivity (Wildman–Crippen MR) is 101 cm³/mol. The number of amides is 1. The average Bonchev–Trinajstić information content (AvgIpc) is 2.73. The van der Waals surface area contributed by atoms with Gasteiger partial charge >= 0.3 is 0 Å². The Kier molecular flexibility index (Phi) is 6.99. The van der Waals surface area contributed by atoms with Crippen molar-refractivity contribution < 1.29 is 18.3 Å². The fraction of sp³-hybridized carbons (Fsp3) is 0.474.